The molecule has 0 unspecified atom stereocenters. The molecule has 2 atom stereocenters. The monoisotopic (exact) mass is 325 g/mol. The van der Waals surface area contributed by atoms with Crippen molar-refractivity contribution in [2.45, 2.75) is 12.3 Å². The third-order valence-electron chi connectivity index (χ3n) is 4.13. The fourth-order valence-electron chi connectivity index (χ4n) is 2.89. The van der Waals surface area contributed by atoms with Crippen LogP contribution in [-0.4, -0.2) is 89.1 Å². The van der Waals surface area contributed by atoms with E-state index in [1.165, 1.54) is 0 Å². The van der Waals surface area contributed by atoms with Crippen LogP contribution in [0, 0.1) is 5.92 Å². The van der Waals surface area contributed by atoms with E-state index in [4.69, 9.17) is 9.84 Å². The number of aromatic amines is 1. The standard InChI is InChI=1S/C14H23N5O4/c1-18(3-4-23-2)9-13(20)19-7-10(5-14(21)22)11(8-19)12-6-15-17-16-12/h6,10-11H,3-5,7-9H2,1-2H3,(H,21,22)(H,15,16,17)/t10-,11+/m1/s1. The van der Waals surface area contributed by atoms with E-state index in [1.54, 1.807) is 18.2 Å². The van der Waals surface area contributed by atoms with E-state index in [9.17, 15) is 9.59 Å². The summed E-state index contributed by atoms with van der Waals surface area (Å²) in [6.07, 6.45) is 1.61. The molecular formula is C14H23N5O4. The first kappa shape index (κ1) is 17.4. The molecule has 1 amide bonds. The van der Waals surface area contributed by atoms with E-state index >= 15 is 0 Å². The molecule has 23 heavy (non-hydrogen) atoms. The predicted octanol–water partition coefficient (Wildman–Crippen LogP) is -0.600. The zero-order chi connectivity index (χ0) is 16.8. The first-order chi connectivity index (χ1) is 11.0. The van der Waals surface area contributed by atoms with E-state index in [2.05, 4.69) is 15.4 Å². The minimum atomic E-state index is -0.866. The summed E-state index contributed by atoms with van der Waals surface area (Å²) < 4.78 is 5.00. The fraction of sp³-hybridized carbons (Fsp3) is 0.714. The average molecular weight is 325 g/mol. The van der Waals surface area contributed by atoms with E-state index in [0.717, 1.165) is 0 Å². The quantitative estimate of drug-likeness (QED) is 0.656. The number of amides is 1. The number of carboxylic acid groups (broad SMARTS) is 1. The molecule has 2 rings (SSSR count). The van der Waals surface area contributed by atoms with Crippen LogP contribution in [-0.2, 0) is 14.3 Å². The van der Waals surface area contributed by atoms with Crippen molar-refractivity contribution in [3.63, 3.8) is 0 Å². The van der Waals surface area contributed by atoms with Crippen molar-refractivity contribution in [2.75, 3.05) is 46.9 Å². The molecule has 9 heteroatoms. The lowest BCUT2D eigenvalue weighted by molar-refractivity contribution is -0.138. The highest BCUT2D eigenvalue weighted by Gasteiger charge is 2.38. The minimum Gasteiger partial charge on any atom is -0.481 e. The molecule has 1 saturated heterocycles. The van der Waals surface area contributed by atoms with E-state index in [0.29, 0.717) is 31.9 Å². The second-order valence-electron chi connectivity index (χ2n) is 5.89. The summed E-state index contributed by atoms with van der Waals surface area (Å²) in [5.74, 6) is -1.12. The Balaban J connectivity index is 1.98. The Hall–Kier alpha value is -2.00. The van der Waals surface area contributed by atoms with Crippen LogP contribution in [0.3, 0.4) is 0 Å². The lowest BCUT2D eigenvalue weighted by atomic mass is 9.91. The van der Waals surface area contributed by atoms with Gasteiger partial charge in [-0.15, -0.1) is 0 Å². The van der Waals surface area contributed by atoms with Crippen LogP contribution in [0.2, 0.25) is 0 Å². The van der Waals surface area contributed by atoms with Gasteiger partial charge in [0.1, 0.15) is 0 Å². The zero-order valence-corrected chi connectivity index (χ0v) is 13.4. The lowest BCUT2D eigenvalue weighted by Crippen LogP contribution is -2.39. The highest BCUT2D eigenvalue weighted by Crippen LogP contribution is 2.33. The summed E-state index contributed by atoms with van der Waals surface area (Å²) in [5, 5.41) is 19.5. The van der Waals surface area contributed by atoms with Gasteiger partial charge in [0.2, 0.25) is 5.91 Å². The van der Waals surface area contributed by atoms with Gasteiger partial charge in [0.25, 0.3) is 0 Å². The topological polar surface area (TPSA) is 112 Å². The Morgan fingerprint density at radius 1 is 1.52 bits per heavy atom. The number of carbonyl (C=O) groups excluding carboxylic acids is 1. The van der Waals surface area contributed by atoms with Gasteiger partial charge in [0.15, 0.2) is 0 Å². The average Bonchev–Trinajstić information content (AvgIpc) is 3.13. The van der Waals surface area contributed by atoms with Crippen LogP contribution >= 0.6 is 0 Å². The van der Waals surface area contributed by atoms with Gasteiger partial charge in [0.05, 0.1) is 31.5 Å². The molecule has 1 aliphatic rings. The second kappa shape index (κ2) is 8.02. The van der Waals surface area contributed by atoms with Gasteiger partial charge in [0, 0.05) is 32.7 Å². The highest BCUT2D eigenvalue weighted by atomic mass is 16.5. The number of likely N-dealkylation sites (N-methyl/N-ethyl adjacent to an activating group) is 1. The Morgan fingerprint density at radius 3 is 2.91 bits per heavy atom. The Bertz CT molecular complexity index is 521. The number of likely N-dealkylation sites (tertiary alicyclic amines) is 1. The van der Waals surface area contributed by atoms with Crippen LogP contribution < -0.4 is 0 Å². The maximum atomic E-state index is 12.4. The summed E-state index contributed by atoms with van der Waals surface area (Å²) in [5.41, 5.74) is 0.708. The Morgan fingerprint density at radius 2 is 2.30 bits per heavy atom. The third-order valence-corrected chi connectivity index (χ3v) is 4.13. The predicted molar refractivity (Wildman–Crippen MR) is 80.8 cm³/mol. The number of nitrogens with zero attached hydrogens (tertiary/aromatic N) is 4. The number of aromatic nitrogens is 3. The molecule has 1 aromatic rings. The molecule has 2 N–H and O–H groups in total. The van der Waals surface area contributed by atoms with Gasteiger partial charge in [-0.3, -0.25) is 14.5 Å². The molecule has 1 aliphatic heterocycles. The van der Waals surface area contributed by atoms with Crippen molar-refractivity contribution in [1.82, 2.24) is 25.2 Å². The van der Waals surface area contributed by atoms with Gasteiger partial charge in [-0.1, -0.05) is 0 Å². The third kappa shape index (κ3) is 4.73. The molecule has 0 radical (unpaired) electrons. The lowest BCUT2D eigenvalue weighted by Gasteiger charge is -2.21. The van der Waals surface area contributed by atoms with Crippen molar-refractivity contribution in [2.24, 2.45) is 5.92 Å². The number of hydrogen-bond acceptors (Lipinski definition) is 6. The normalized spacial score (nSPS) is 21.1. The summed E-state index contributed by atoms with van der Waals surface area (Å²) in [6, 6.07) is 0. The number of rotatable bonds is 8. The van der Waals surface area contributed by atoms with Gasteiger partial charge < -0.3 is 14.7 Å². The largest absolute Gasteiger partial charge is 0.481 e. The first-order valence-electron chi connectivity index (χ1n) is 7.54. The fourth-order valence-corrected chi connectivity index (χ4v) is 2.89. The van der Waals surface area contributed by atoms with Gasteiger partial charge >= 0.3 is 5.97 Å². The van der Waals surface area contributed by atoms with Gasteiger partial charge in [-0.25, -0.2) is 0 Å². The molecule has 0 saturated carbocycles. The number of hydrogen-bond donors (Lipinski definition) is 2. The van der Waals surface area contributed by atoms with Crippen molar-refractivity contribution in [3.8, 4) is 0 Å². The molecule has 0 aliphatic carbocycles. The maximum absolute atomic E-state index is 12.4. The number of ether oxygens (including phenoxy) is 1. The SMILES string of the molecule is COCCN(C)CC(=O)N1C[C@@H](CC(=O)O)[C@@H](c2cn[nH]n2)C1. The second-order valence-corrected chi connectivity index (χ2v) is 5.89. The minimum absolute atomic E-state index is 0.00927. The summed E-state index contributed by atoms with van der Waals surface area (Å²) in [7, 11) is 3.48. The summed E-state index contributed by atoms with van der Waals surface area (Å²) >= 11 is 0. The molecule has 0 bridgehead atoms. The smallest absolute Gasteiger partial charge is 0.303 e. The van der Waals surface area contributed by atoms with Crippen LogP contribution in [0.25, 0.3) is 0 Å². The van der Waals surface area contributed by atoms with Crippen molar-refractivity contribution < 1.29 is 19.4 Å². The molecule has 2 heterocycles. The van der Waals surface area contributed by atoms with Crippen LogP contribution in [0.5, 0.6) is 0 Å². The number of nitrogens with one attached hydrogen (secondary N) is 1. The van der Waals surface area contributed by atoms with Gasteiger partial charge in [-0.2, -0.15) is 15.4 Å². The summed E-state index contributed by atoms with van der Waals surface area (Å²) in [4.78, 5) is 27.1. The van der Waals surface area contributed by atoms with Crippen molar-refractivity contribution in [1.29, 1.82) is 0 Å². The van der Waals surface area contributed by atoms with Crippen LogP contribution in [0.15, 0.2) is 6.20 Å². The van der Waals surface area contributed by atoms with Crippen molar-refractivity contribution in [3.05, 3.63) is 11.9 Å². The molecule has 128 valence electrons. The molecule has 0 spiro atoms. The zero-order valence-electron chi connectivity index (χ0n) is 13.4. The van der Waals surface area contributed by atoms with Crippen LogP contribution in [0.1, 0.15) is 18.0 Å². The van der Waals surface area contributed by atoms with E-state index in [-0.39, 0.29) is 30.7 Å². The van der Waals surface area contributed by atoms with E-state index in [1.807, 2.05) is 11.9 Å². The highest BCUT2D eigenvalue weighted by molar-refractivity contribution is 5.79. The first-order valence-corrected chi connectivity index (χ1v) is 7.54. The van der Waals surface area contributed by atoms with E-state index < -0.39 is 5.97 Å². The Labute approximate surface area is 134 Å². The Kier molecular flexibility index (Phi) is 6.05. The molecule has 9 nitrogen and oxygen atoms in total. The maximum Gasteiger partial charge on any atom is 0.303 e. The molecule has 1 aromatic heterocycles. The van der Waals surface area contributed by atoms with Gasteiger partial charge in [-0.05, 0) is 13.0 Å². The molecule has 1 fully saturated rings. The number of H-pyrrole nitrogens is 1. The van der Waals surface area contributed by atoms with Crippen LogP contribution in [0.4, 0.5) is 0 Å². The summed E-state index contributed by atoms with van der Waals surface area (Å²) in [6.45, 7) is 2.42. The molecule has 0 aromatic carbocycles. The number of carbonyl (C=O) groups is 2. The number of methoxy groups -OCH3 is 1. The number of carboxylic acids is 1. The molecular weight excluding hydrogens is 302 g/mol. The number of aliphatic carboxylic acids is 1. The van der Waals surface area contributed by atoms with Crippen molar-refractivity contribution >= 4 is 11.9 Å².